The van der Waals surface area contributed by atoms with Gasteiger partial charge in [0.05, 0.1) is 18.7 Å². The van der Waals surface area contributed by atoms with Crippen LogP contribution in [0.5, 0.6) is 11.5 Å². The van der Waals surface area contributed by atoms with Crippen molar-refractivity contribution >= 4 is 27.5 Å². The average Bonchev–Trinajstić information content (AvgIpc) is 2.15. The first-order valence-electron chi connectivity index (χ1n) is 4.27. The fourth-order valence-corrected chi connectivity index (χ4v) is 1.80. The molecule has 1 amide bonds. The minimum atomic E-state index is -0.130. The van der Waals surface area contributed by atoms with Gasteiger partial charge < -0.3 is 14.8 Å². The highest BCUT2D eigenvalue weighted by molar-refractivity contribution is 9.10. The Morgan fingerprint density at radius 1 is 1.33 bits per heavy atom. The number of rotatable bonds is 3. The van der Waals surface area contributed by atoms with E-state index in [-0.39, 0.29) is 5.91 Å². The van der Waals surface area contributed by atoms with E-state index in [2.05, 4.69) is 21.2 Å². The third-order valence-electron chi connectivity index (χ3n) is 1.75. The Bertz CT molecular complexity index is 379. The molecular formula is C10H12BrNO3. The molecule has 0 saturated heterocycles. The topological polar surface area (TPSA) is 47.6 Å². The average molecular weight is 274 g/mol. The summed E-state index contributed by atoms with van der Waals surface area (Å²) in [6.07, 6.45) is 0. The molecule has 0 aliphatic rings. The number of methoxy groups -OCH3 is 2. The summed E-state index contributed by atoms with van der Waals surface area (Å²) in [6.45, 7) is 1.45. The van der Waals surface area contributed by atoms with E-state index in [0.29, 0.717) is 17.2 Å². The first-order chi connectivity index (χ1) is 7.08. The summed E-state index contributed by atoms with van der Waals surface area (Å²) in [7, 11) is 3.10. The van der Waals surface area contributed by atoms with Crippen LogP contribution in [0.25, 0.3) is 0 Å². The molecular weight excluding hydrogens is 262 g/mol. The van der Waals surface area contributed by atoms with Crippen LogP contribution in [-0.2, 0) is 4.79 Å². The predicted octanol–water partition coefficient (Wildman–Crippen LogP) is 2.42. The Balaban J connectivity index is 3.13. The molecule has 0 spiro atoms. The molecule has 1 N–H and O–H groups in total. The maximum absolute atomic E-state index is 10.9. The van der Waals surface area contributed by atoms with Crippen LogP contribution in [-0.4, -0.2) is 20.1 Å². The highest BCUT2D eigenvalue weighted by Crippen LogP contribution is 2.37. The van der Waals surface area contributed by atoms with Crippen molar-refractivity contribution in [2.45, 2.75) is 6.92 Å². The molecule has 4 nitrogen and oxygen atoms in total. The van der Waals surface area contributed by atoms with Crippen molar-refractivity contribution in [3.8, 4) is 11.5 Å². The monoisotopic (exact) mass is 273 g/mol. The number of halogens is 1. The first kappa shape index (κ1) is 11.8. The van der Waals surface area contributed by atoms with Gasteiger partial charge in [-0.2, -0.15) is 0 Å². The summed E-state index contributed by atoms with van der Waals surface area (Å²) in [4.78, 5) is 10.9. The second kappa shape index (κ2) is 5.02. The van der Waals surface area contributed by atoms with E-state index in [1.807, 2.05) is 0 Å². The minimum absolute atomic E-state index is 0.130. The van der Waals surface area contributed by atoms with Crippen LogP contribution in [0.4, 0.5) is 5.69 Å². The summed E-state index contributed by atoms with van der Waals surface area (Å²) in [5.41, 5.74) is 0.659. The molecule has 0 atom stereocenters. The van der Waals surface area contributed by atoms with E-state index in [4.69, 9.17) is 9.47 Å². The third kappa shape index (κ3) is 2.86. The van der Waals surface area contributed by atoms with Gasteiger partial charge in [-0.1, -0.05) is 0 Å². The zero-order valence-electron chi connectivity index (χ0n) is 8.76. The predicted molar refractivity (Wildman–Crippen MR) is 61.5 cm³/mol. The molecule has 15 heavy (non-hydrogen) atoms. The molecule has 1 rings (SSSR count). The quantitative estimate of drug-likeness (QED) is 0.920. The van der Waals surface area contributed by atoms with E-state index in [1.165, 1.54) is 6.92 Å². The summed E-state index contributed by atoms with van der Waals surface area (Å²) in [5, 5.41) is 2.67. The molecule has 82 valence electrons. The number of anilines is 1. The normalized spacial score (nSPS) is 9.60. The molecule has 0 aliphatic heterocycles. The molecule has 5 heteroatoms. The van der Waals surface area contributed by atoms with Crippen molar-refractivity contribution in [1.29, 1.82) is 0 Å². The van der Waals surface area contributed by atoms with Crippen LogP contribution in [0.15, 0.2) is 16.6 Å². The van der Waals surface area contributed by atoms with Crippen LogP contribution in [0, 0.1) is 0 Å². The molecule has 0 heterocycles. The minimum Gasteiger partial charge on any atom is -0.493 e. The van der Waals surface area contributed by atoms with Crippen LogP contribution >= 0.6 is 15.9 Å². The van der Waals surface area contributed by atoms with E-state index in [1.54, 1.807) is 26.4 Å². The van der Waals surface area contributed by atoms with E-state index in [9.17, 15) is 4.79 Å². The molecule has 1 aromatic rings. The number of benzene rings is 1. The van der Waals surface area contributed by atoms with Crippen LogP contribution in [0.3, 0.4) is 0 Å². The van der Waals surface area contributed by atoms with Gasteiger partial charge >= 0.3 is 0 Å². The summed E-state index contributed by atoms with van der Waals surface area (Å²) >= 11 is 3.33. The Kier molecular flexibility index (Phi) is 3.96. The third-order valence-corrected chi connectivity index (χ3v) is 2.34. The maximum Gasteiger partial charge on any atom is 0.221 e. The smallest absolute Gasteiger partial charge is 0.221 e. The zero-order valence-corrected chi connectivity index (χ0v) is 10.3. The first-order valence-corrected chi connectivity index (χ1v) is 5.07. The zero-order chi connectivity index (χ0) is 11.4. The summed E-state index contributed by atoms with van der Waals surface area (Å²) in [5.74, 6) is 1.04. The Labute approximate surface area is 96.7 Å². The van der Waals surface area contributed by atoms with Gasteiger partial charge in [0, 0.05) is 18.7 Å². The largest absolute Gasteiger partial charge is 0.493 e. The van der Waals surface area contributed by atoms with Crippen LogP contribution in [0.1, 0.15) is 6.92 Å². The summed E-state index contributed by atoms with van der Waals surface area (Å²) < 4.78 is 11.0. The highest BCUT2D eigenvalue weighted by Gasteiger charge is 2.10. The second-order valence-corrected chi connectivity index (χ2v) is 3.73. The van der Waals surface area contributed by atoms with Gasteiger partial charge in [-0.05, 0) is 22.0 Å². The lowest BCUT2D eigenvalue weighted by Crippen LogP contribution is -2.06. The van der Waals surface area contributed by atoms with E-state index in [0.717, 1.165) is 4.47 Å². The van der Waals surface area contributed by atoms with E-state index >= 15 is 0 Å². The van der Waals surface area contributed by atoms with Gasteiger partial charge in [0.25, 0.3) is 0 Å². The maximum atomic E-state index is 10.9. The van der Waals surface area contributed by atoms with E-state index < -0.39 is 0 Å². The molecule has 0 bridgehead atoms. The lowest BCUT2D eigenvalue weighted by molar-refractivity contribution is -0.114. The standard InChI is InChI=1S/C10H12BrNO3/c1-6(13)12-7-4-8(11)10(15-3)9(5-7)14-2/h4-5H,1-3H3,(H,12,13). The molecule has 0 aromatic heterocycles. The van der Waals surface area contributed by atoms with Crippen molar-refractivity contribution in [3.05, 3.63) is 16.6 Å². The number of hydrogen-bond donors (Lipinski definition) is 1. The fourth-order valence-electron chi connectivity index (χ4n) is 1.19. The van der Waals surface area contributed by atoms with Gasteiger partial charge in [0.15, 0.2) is 11.5 Å². The van der Waals surface area contributed by atoms with Crippen molar-refractivity contribution < 1.29 is 14.3 Å². The lowest BCUT2D eigenvalue weighted by atomic mass is 10.2. The molecule has 1 aromatic carbocycles. The molecule has 0 aliphatic carbocycles. The molecule has 0 fully saturated rings. The van der Waals surface area contributed by atoms with Gasteiger partial charge in [-0.25, -0.2) is 0 Å². The lowest BCUT2D eigenvalue weighted by Gasteiger charge is -2.11. The number of ether oxygens (including phenoxy) is 2. The van der Waals surface area contributed by atoms with Crippen molar-refractivity contribution in [3.63, 3.8) is 0 Å². The van der Waals surface area contributed by atoms with Gasteiger partial charge in [-0.3, -0.25) is 4.79 Å². The Morgan fingerprint density at radius 2 is 2.00 bits per heavy atom. The van der Waals surface area contributed by atoms with Crippen molar-refractivity contribution in [2.24, 2.45) is 0 Å². The van der Waals surface area contributed by atoms with Crippen LogP contribution in [0.2, 0.25) is 0 Å². The molecule has 0 saturated carbocycles. The fraction of sp³-hybridized carbons (Fsp3) is 0.300. The summed E-state index contributed by atoms with van der Waals surface area (Å²) in [6, 6.07) is 3.45. The van der Waals surface area contributed by atoms with Gasteiger partial charge in [0.2, 0.25) is 5.91 Å². The number of amides is 1. The molecule has 0 unspecified atom stereocenters. The molecule has 0 radical (unpaired) electrons. The van der Waals surface area contributed by atoms with Crippen molar-refractivity contribution in [2.75, 3.05) is 19.5 Å². The Hall–Kier alpha value is -1.23. The van der Waals surface area contributed by atoms with Gasteiger partial charge in [0.1, 0.15) is 0 Å². The number of nitrogens with one attached hydrogen (secondary N) is 1. The van der Waals surface area contributed by atoms with Crippen LogP contribution < -0.4 is 14.8 Å². The SMILES string of the molecule is COc1cc(NC(C)=O)cc(Br)c1OC. The number of hydrogen-bond acceptors (Lipinski definition) is 3. The second-order valence-electron chi connectivity index (χ2n) is 2.87. The Morgan fingerprint density at radius 3 is 2.47 bits per heavy atom. The number of carbonyl (C=O) groups is 1. The number of carbonyl (C=O) groups excluding carboxylic acids is 1. The van der Waals surface area contributed by atoms with Gasteiger partial charge in [-0.15, -0.1) is 0 Å². The van der Waals surface area contributed by atoms with Crippen molar-refractivity contribution in [1.82, 2.24) is 0 Å². The highest BCUT2D eigenvalue weighted by atomic mass is 79.9.